The fraction of sp³-hybridized carbons (Fsp3) is 0.500. The zero-order valence-electron chi connectivity index (χ0n) is 10.4. The first-order valence-corrected chi connectivity index (χ1v) is 6.11. The van der Waals surface area contributed by atoms with Crippen LogP contribution in [0.2, 0.25) is 0 Å². The Balaban J connectivity index is 3.31. The third-order valence-electron chi connectivity index (χ3n) is 2.98. The number of rotatable bonds is 4. The molecule has 0 spiro atoms. The van der Waals surface area contributed by atoms with Crippen LogP contribution < -0.4 is 0 Å². The first-order chi connectivity index (χ1) is 8.68. The number of halogens is 4. The molecule has 1 aromatic carbocycles. The van der Waals surface area contributed by atoms with E-state index in [2.05, 4.69) is 0 Å². The van der Waals surface area contributed by atoms with E-state index >= 15 is 0 Å². The number of benzene rings is 1. The number of nitrogens with zero attached hydrogens (tertiary/aromatic N) is 1. The zero-order valence-corrected chi connectivity index (χ0v) is 11.1. The van der Waals surface area contributed by atoms with Crippen molar-refractivity contribution in [2.24, 2.45) is 0 Å². The van der Waals surface area contributed by atoms with Crippen molar-refractivity contribution in [3.05, 3.63) is 39.4 Å². The normalized spacial score (nSPS) is 15.1. The second kappa shape index (κ2) is 5.77. The van der Waals surface area contributed by atoms with Crippen LogP contribution in [0.4, 0.5) is 18.9 Å². The van der Waals surface area contributed by atoms with Crippen molar-refractivity contribution in [3.63, 3.8) is 0 Å². The SMILES string of the molecule is CCC(Cl)C(C)c1ccc(C(F)(F)F)cc1[N+](=O)[O-]. The van der Waals surface area contributed by atoms with Gasteiger partial charge >= 0.3 is 6.18 Å². The average molecular weight is 296 g/mol. The van der Waals surface area contributed by atoms with Gasteiger partial charge in [0.25, 0.3) is 5.69 Å². The minimum atomic E-state index is -4.60. The minimum absolute atomic E-state index is 0.222. The molecule has 1 aromatic rings. The van der Waals surface area contributed by atoms with E-state index < -0.39 is 28.3 Å². The lowest BCUT2D eigenvalue weighted by Crippen LogP contribution is -2.12. The summed E-state index contributed by atoms with van der Waals surface area (Å²) in [6.45, 7) is 3.47. The fourth-order valence-electron chi connectivity index (χ4n) is 1.81. The molecule has 3 nitrogen and oxygen atoms in total. The molecule has 0 radical (unpaired) electrons. The molecule has 0 N–H and O–H groups in total. The van der Waals surface area contributed by atoms with Gasteiger partial charge in [-0.15, -0.1) is 11.6 Å². The molecule has 2 atom stereocenters. The summed E-state index contributed by atoms with van der Waals surface area (Å²) in [5, 5.41) is 10.5. The topological polar surface area (TPSA) is 43.1 Å². The lowest BCUT2D eigenvalue weighted by Gasteiger charge is -2.17. The lowest BCUT2D eigenvalue weighted by atomic mass is 9.93. The van der Waals surface area contributed by atoms with Crippen molar-refractivity contribution in [2.75, 3.05) is 0 Å². The summed E-state index contributed by atoms with van der Waals surface area (Å²) in [5.41, 5.74) is -1.35. The molecule has 0 saturated carbocycles. The van der Waals surface area contributed by atoms with E-state index in [1.165, 1.54) is 0 Å². The maximum atomic E-state index is 12.5. The van der Waals surface area contributed by atoms with Crippen LogP contribution in [0, 0.1) is 10.1 Å². The van der Waals surface area contributed by atoms with Crippen molar-refractivity contribution in [1.29, 1.82) is 0 Å². The van der Waals surface area contributed by atoms with E-state index in [1.807, 2.05) is 6.92 Å². The summed E-state index contributed by atoms with van der Waals surface area (Å²) in [5.74, 6) is -0.394. The molecule has 0 aliphatic heterocycles. The quantitative estimate of drug-likeness (QED) is 0.457. The standard InChI is InChI=1S/C12H13ClF3NO2/c1-3-10(13)7(2)9-5-4-8(12(14,15)16)6-11(9)17(18)19/h4-7,10H,3H2,1-2H3. The number of hydrogen-bond acceptors (Lipinski definition) is 2. The Bertz CT molecular complexity index is 477. The molecule has 0 aromatic heterocycles. The van der Waals surface area contributed by atoms with Crippen LogP contribution >= 0.6 is 11.6 Å². The average Bonchev–Trinajstić information content (AvgIpc) is 2.35. The van der Waals surface area contributed by atoms with Crippen molar-refractivity contribution in [2.45, 2.75) is 37.7 Å². The maximum Gasteiger partial charge on any atom is 0.416 e. The largest absolute Gasteiger partial charge is 0.416 e. The molecule has 0 aliphatic carbocycles. The summed E-state index contributed by atoms with van der Waals surface area (Å²) in [7, 11) is 0. The molecule has 0 saturated heterocycles. The monoisotopic (exact) mass is 295 g/mol. The molecule has 0 fully saturated rings. The zero-order chi connectivity index (χ0) is 14.8. The minimum Gasteiger partial charge on any atom is -0.258 e. The van der Waals surface area contributed by atoms with E-state index in [0.29, 0.717) is 12.5 Å². The van der Waals surface area contributed by atoms with Crippen molar-refractivity contribution < 1.29 is 18.1 Å². The lowest BCUT2D eigenvalue weighted by molar-refractivity contribution is -0.386. The highest BCUT2D eigenvalue weighted by Crippen LogP contribution is 2.37. The van der Waals surface area contributed by atoms with Crippen LogP contribution in [0.25, 0.3) is 0 Å². The van der Waals surface area contributed by atoms with Gasteiger partial charge in [-0.3, -0.25) is 10.1 Å². The van der Waals surface area contributed by atoms with Gasteiger partial charge in [-0.05, 0) is 12.5 Å². The van der Waals surface area contributed by atoms with Gasteiger partial charge in [-0.2, -0.15) is 13.2 Å². The van der Waals surface area contributed by atoms with Crippen LogP contribution in [-0.2, 0) is 6.18 Å². The van der Waals surface area contributed by atoms with Crippen LogP contribution in [0.1, 0.15) is 37.3 Å². The summed E-state index contributed by atoms with van der Waals surface area (Å²) in [6.07, 6.45) is -4.03. The van der Waals surface area contributed by atoms with E-state index in [9.17, 15) is 23.3 Å². The van der Waals surface area contributed by atoms with E-state index in [-0.39, 0.29) is 10.9 Å². The van der Waals surface area contributed by atoms with Gasteiger partial charge in [0.1, 0.15) is 0 Å². The first kappa shape index (κ1) is 15.8. The highest BCUT2D eigenvalue weighted by atomic mass is 35.5. The van der Waals surface area contributed by atoms with E-state index in [0.717, 1.165) is 12.1 Å². The molecule has 0 bridgehead atoms. The van der Waals surface area contributed by atoms with E-state index in [1.54, 1.807) is 6.92 Å². The smallest absolute Gasteiger partial charge is 0.258 e. The van der Waals surface area contributed by atoms with Crippen LogP contribution in [-0.4, -0.2) is 10.3 Å². The van der Waals surface area contributed by atoms with Crippen molar-refractivity contribution in [1.82, 2.24) is 0 Å². The predicted octanol–water partition coefficient (Wildman–Crippen LogP) is 4.73. The Morgan fingerprint density at radius 3 is 2.42 bits per heavy atom. The molecule has 7 heteroatoms. The highest BCUT2D eigenvalue weighted by Gasteiger charge is 2.34. The molecule has 106 valence electrons. The van der Waals surface area contributed by atoms with Gasteiger partial charge in [0.05, 0.1) is 10.5 Å². The second-order valence-electron chi connectivity index (χ2n) is 4.24. The van der Waals surface area contributed by atoms with Crippen molar-refractivity contribution in [3.8, 4) is 0 Å². The Kier molecular flexibility index (Phi) is 4.79. The highest BCUT2D eigenvalue weighted by molar-refractivity contribution is 6.21. The van der Waals surface area contributed by atoms with E-state index in [4.69, 9.17) is 11.6 Å². The Hall–Kier alpha value is -1.30. The summed E-state index contributed by atoms with van der Waals surface area (Å²) < 4.78 is 37.6. The molecule has 2 unspecified atom stereocenters. The maximum absolute atomic E-state index is 12.5. The molecule has 19 heavy (non-hydrogen) atoms. The Morgan fingerprint density at radius 1 is 1.42 bits per heavy atom. The summed E-state index contributed by atoms with van der Waals surface area (Å²) >= 11 is 6.01. The number of nitro groups is 1. The number of alkyl halides is 4. The first-order valence-electron chi connectivity index (χ1n) is 5.68. The summed E-state index contributed by atoms with van der Waals surface area (Å²) in [6, 6.07) is 2.54. The number of hydrogen-bond donors (Lipinski definition) is 0. The molecule has 0 aliphatic rings. The molecule has 0 amide bonds. The Labute approximate surface area is 113 Å². The van der Waals surface area contributed by atoms with Gasteiger partial charge in [-0.1, -0.05) is 19.9 Å². The fourth-order valence-corrected chi connectivity index (χ4v) is 1.95. The van der Waals surface area contributed by atoms with Gasteiger partial charge < -0.3 is 0 Å². The molecule has 0 heterocycles. The second-order valence-corrected chi connectivity index (χ2v) is 4.80. The van der Waals surface area contributed by atoms with Crippen LogP contribution in [0.3, 0.4) is 0 Å². The summed E-state index contributed by atoms with van der Waals surface area (Å²) in [4.78, 5) is 10.1. The van der Waals surface area contributed by atoms with Gasteiger partial charge in [-0.25, -0.2) is 0 Å². The molecule has 1 rings (SSSR count). The van der Waals surface area contributed by atoms with Gasteiger partial charge in [0.2, 0.25) is 0 Å². The predicted molar refractivity (Wildman–Crippen MR) is 66.4 cm³/mol. The van der Waals surface area contributed by atoms with Crippen LogP contribution in [0.5, 0.6) is 0 Å². The number of nitro benzene ring substituents is 1. The molecular formula is C12H13ClF3NO2. The van der Waals surface area contributed by atoms with Gasteiger partial charge in [0, 0.05) is 22.9 Å². The third-order valence-corrected chi connectivity index (χ3v) is 3.66. The Morgan fingerprint density at radius 2 is 2.00 bits per heavy atom. The van der Waals surface area contributed by atoms with Gasteiger partial charge in [0.15, 0.2) is 0 Å². The molecular weight excluding hydrogens is 283 g/mol. The van der Waals surface area contributed by atoms with Crippen LogP contribution in [0.15, 0.2) is 18.2 Å². The van der Waals surface area contributed by atoms with Crippen molar-refractivity contribution >= 4 is 17.3 Å². The third kappa shape index (κ3) is 3.59.